The number of benzene rings is 2. The predicted molar refractivity (Wildman–Crippen MR) is 77.5 cm³/mol. The molecule has 0 aliphatic rings. The highest BCUT2D eigenvalue weighted by Gasteiger charge is 1.99. The molecule has 0 aliphatic carbocycles. The van der Waals surface area contributed by atoms with Crippen molar-refractivity contribution in [3.63, 3.8) is 0 Å². The molecule has 0 bridgehead atoms. The molecule has 0 radical (unpaired) electrons. The molecule has 2 nitrogen and oxygen atoms in total. The molecular weight excluding hydrogens is 307 g/mol. The maximum Gasteiger partial charge on any atom is 0.123 e. The third-order valence-electron chi connectivity index (χ3n) is 2.66. The third-order valence-corrected chi connectivity index (χ3v) is 3.12. The van der Waals surface area contributed by atoms with Crippen molar-refractivity contribution >= 4 is 21.6 Å². The molecule has 0 saturated heterocycles. The lowest BCUT2D eigenvalue weighted by molar-refractivity contribution is 0.625. The van der Waals surface area contributed by atoms with Gasteiger partial charge in [-0.2, -0.15) is 5.26 Å². The SMILES string of the molecule is N#Cc1cc(Br)cc(NCCc2cccc(F)c2)c1. The van der Waals surface area contributed by atoms with Gasteiger partial charge < -0.3 is 5.32 Å². The van der Waals surface area contributed by atoms with Crippen LogP contribution in [-0.4, -0.2) is 6.54 Å². The average Bonchev–Trinajstić information content (AvgIpc) is 2.38. The summed E-state index contributed by atoms with van der Waals surface area (Å²) in [7, 11) is 0. The zero-order valence-corrected chi connectivity index (χ0v) is 11.7. The van der Waals surface area contributed by atoms with Crippen LogP contribution < -0.4 is 5.32 Å². The van der Waals surface area contributed by atoms with Crippen molar-refractivity contribution in [2.45, 2.75) is 6.42 Å². The molecule has 2 aromatic carbocycles. The first-order chi connectivity index (χ1) is 9.17. The summed E-state index contributed by atoms with van der Waals surface area (Å²) >= 11 is 3.36. The first-order valence-electron chi connectivity index (χ1n) is 5.86. The van der Waals surface area contributed by atoms with Crippen LogP contribution >= 0.6 is 15.9 Å². The second-order valence-electron chi connectivity index (χ2n) is 4.15. The molecule has 0 unspecified atom stereocenters. The summed E-state index contributed by atoms with van der Waals surface area (Å²) in [6, 6.07) is 14.1. The first-order valence-corrected chi connectivity index (χ1v) is 6.66. The summed E-state index contributed by atoms with van der Waals surface area (Å²) in [5, 5.41) is 12.1. The van der Waals surface area contributed by atoms with Crippen LogP contribution in [0.1, 0.15) is 11.1 Å². The Labute approximate surface area is 120 Å². The Morgan fingerprint density at radius 2 is 2.05 bits per heavy atom. The summed E-state index contributed by atoms with van der Waals surface area (Å²) < 4.78 is 13.9. The fourth-order valence-electron chi connectivity index (χ4n) is 1.80. The monoisotopic (exact) mass is 318 g/mol. The molecule has 96 valence electrons. The van der Waals surface area contributed by atoms with Gasteiger partial charge in [0.25, 0.3) is 0 Å². The minimum Gasteiger partial charge on any atom is -0.385 e. The normalized spacial score (nSPS) is 9.95. The van der Waals surface area contributed by atoms with Gasteiger partial charge in [-0.25, -0.2) is 4.39 Å². The van der Waals surface area contributed by atoms with Crippen molar-refractivity contribution in [2.75, 3.05) is 11.9 Å². The van der Waals surface area contributed by atoms with Gasteiger partial charge in [-0.3, -0.25) is 0 Å². The van der Waals surface area contributed by atoms with Gasteiger partial charge in [0.1, 0.15) is 5.82 Å². The van der Waals surface area contributed by atoms with E-state index in [-0.39, 0.29) is 5.82 Å². The maximum atomic E-state index is 13.0. The molecule has 0 heterocycles. The largest absolute Gasteiger partial charge is 0.385 e. The van der Waals surface area contributed by atoms with Gasteiger partial charge in [0.2, 0.25) is 0 Å². The number of hydrogen-bond donors (Lipinski definition) is 1. The molecule has 1 N–H and O–H groups in total. The van der Waals surface area contributed by atoms with Crippen LogP contribution in [0.3, 0.4) is 0 Å². The predicted octanol–water partition coefficient (Wildman–Crippen LogP) is 4.11. The molecule has 0 aromatic heterocycles. The molecule has 4 heteroatoms. The molecule has 0 amide bonds. The van der Waals surface area contributed by atoms with Crippen molar-refractivity contribution in [3.8, 4) is 6.07 Å². The molecule has 0 atom stereocenters. The highest BCUT2D eigenvalue weighted by molar-refractivity contribution is 9.10. The molecule has 0 saturated carbocycles. The van der Waals surface area contributed by atoms with Crippen molar-refractivity contribution in [1.29, 1.82) is 5.26 Å². The third kappa shape index (κ3) is 4.08. The van der Waals surface area contributed by atoms with Gasteiger partial charge in [-0.05, 0) is 42.3 Å². The van der Waals surface area contributed by atoms with Gasteiger partial charge in [-0.15, -0.1) is 0 Å². The van der Waals surface area contributed by atoms with Crippen molar-refractivity contribution in [3.05, 3.63) is 63.9 Å². The zero-order chi connectivity index (χ0) is 13.7. The Morgan fingerprint density at radius 1 is 1.21 bits per heavy atom. The van der Waals surface area contributed by atoms with E-state index in [4.69, 9.17) is 5.26 Å². The number of rotatable bonds is 4. The fraction of sp³-hybridized carbons (Fsp3) is 0.133. The first kappa shape index (κ1) is 13.6. The standard InChI is InChI=1S/C15H12BrFN2/c16-13-6-12(10-18)8-15(9-13)19-5-4-11-2-1-3-14(17)7-11/h1-3,6-9,19H,4-5H2. The topological polar surface area (TPSA) is 35.8 Å². The Balaban J connectivity index is 1.96. The fourth-order valence-corrected chi connectivity index (χ4v) is 2.29. The van der Waals surface area contributed by atoms with Crippen LogP contribution in [-0.2, 0) is 6.42 Å². The lowest BCUT2D eigenvalue weighted by Gasteiger charge is -2.07. The maximum absolute atomic E-state index is 13.0. The van der Waals surface area contributed by atoms with Gasteiger partial charge in [0, 0.05) is 16.7 Å². The second kappa shape index (κ2) is 6.35. The second-order valence-corrected chi connectivity index (χ2v) is 5.06. The summed E-state index contributed by atoms with van der Waals surface area (Å²) in [4.78, 5) is 0. The van der Waals surface area contributed by atoms with E-state index in [9.17, 15) is 4.39 Å². The van der Waals surface area contributed by atoms with E-state index in [0.29, 0.717) is 12.1 Å². The van der Waals surface area contributed by atoms with Gasteiger partial charge in [0.15, 0.2) is 0 Å². The molecule has 2 aromatic rings. The molecule has 0 aliphatic heterocycles. The smallest absolute Gasteiger partial charge is 0.123 e. The van der Waals surface area contributed by atoms with Crippen LogP contribution in [0.5, 0.6) is 0 Å². The molecule has 19 heavy (non-hydrogen) atoms. The number of nitrogens with one attached hydrogen (secondary N) is 1. The number of nitriles is 1. The van der Waals surface area contributed by atoms with E-state index in [0.717, 1.165) is 22.1 Å². The summed E-state index contributed by atoms with van der Waals surface area (Å²) in [6.07, 6.45) is 0.728. The number of nitrogens with zero attached hydrogens (tertiary/aromatic N) is 1. The van der Waals surface area contributed by atoms with Gasteiger partial charge in [0.05, 0.1) is 11.6 Å². The Bertz CT molecular complexity index is 620. The van der Waals surface area contributed by atoms with Gasteiger partial charge in [-0.1, -0.05) is 28.1 Å². The lowest BCUT2D eigenvalue weighted by Crippen LogP contribution is -2.05. The molecular formula is C15H12BrFN2. The Kier molecular flexibility index (Phi) is 4.53. The number of anilines is 1. The molecule has 0 fully saturated rings. The van der Waals surface area contributed by atoms with E-state index >= 15 is 0 Å². The Hall–Kier alpha value is -1.86. The van der Waals surface area contributed by atoms with E-state index in [1.165, 1.54) is 12.1 Å². The number of halogens is 2. The van der Waals surface area contributed by atoms with Crippen molar-refractivity contribution in [1.82, 2.24) is 0 Å². The van der Waals surface area contributed by atoms with E-state index in [2.05, 4.69) is 27.3 Å². The van der Waals surface area contributed by atoms with Crippen LogP contribution in [0.2, 0.25) is 0 Å². The highest BCUT2D eigenvalue weighted by atomic mass is 79.9. The van der Waals surface area contributed by atoms with E-state index in [1.54, 1.807) is 18.2 Å². The van der Waals surface area contributed by atoms with Crippen LogP contribution in [0.15, 0.2) is 46.9 Å². The minimum atomic E-state index is -0.216. The minimum absolute atomic E-state index is 0.216. The lowest BCUT2D eigenvalue weighted by atomic mass is 10.1. The summed E-state index contributed by atoms with van der Waals surface area (Å²) in [5.74, 6) is -0.216. The van der Waals surface area contributed by atoms with Crippen LogP contribution in [0.4, 0.5) is 10.1 Å². The molecule has 2 rings (SSSR count). The zero-order valence-electron chi connectivity index (χ0n) is 10.2. The van der Waals surface area contributed by atoms with Crippen LogP contribution in [0.25, 0.3) is 0 Å². The highest BCUT2D eigenvalue weighted by Crippen LogP contribution is 2.19. The van der Waals surface area contributed by atoms with Crippen molar-refractivity contribution < 1.29 is 4.39 Å². The quantitative estimate of drug-likeness (QED) is 0.920. The van der Waals surface area contributed by atoms with E-state index in [1.807, 2.05) is 12.1 Å². The average molecular weight is 319 g/mol. The number of hydrogen-bond acceptors (Lipinski definition) is 2. The Morgan fingerprint density at radius 3 is 2.79 bits per heavy atom. The van der Waals surface area contributed by atoms with E-state index < -0.39 is 0 Å². The summed E-state index contributed by atoms with van der Waals surface area (Å²) in [5.41, 5.74) is 2.42. The summed E-state index contributed by atoms with van der Waals surface area (Å²) in [6.45, 7) is 0.685. The molecule has 0 spiro atoms. The van der Waals surface area contributed by atoms with Crippen molar-refractivity contribution in [2.24, 2.45) is 0 Å². The van der Waals surface area contributed by atoms with Crippen LogP contribution in [0, 0.1) is 17.1 Å². The van der Waals surface area contributed by atoms with Gasteiger partial charge >= 0.3 is 0 Å².